The molecular weight excluding hydrogens is 257 g/mol. The molecule has 0 saturated heterocycles. The summed E-state index contributed by atoms with van der Waals surface area (Å²) in [5, 5.41) is 12.9. The number of anilines is 2. The maximum atomic E-state index is 8.95. The van der Waals surface area contributed by atoms with Crippen LogP contribution in [-0.4, -0.2) is 4.98 Å². The largest absolute Gasteiger partial charge is 0.351 e. The molecule has 0 saturated carbocycles. The maximum Gasteiger partial charge on any atom is 0.101 e. The fourth-order valence-electron chi connectivity index (χ4n) is 1.34. The zero-order valence-electron chi connectivity index (χ0n) is 8.61. The van der Waals surface area contributed by atoms with Gasteiger partial charge in [0, 0.05) is 6.20 Å². The van der Waals surface area contributed by atoms with E-state index in [0.29, 0.717) is 27.0 Å². The second-order valence-corrected chi connectivity index (χ2v) is 4.07. The molecule has 0 aliphatic carbocycles. The van der Waals surface area contributed by atoms with Gasteiger partial charge in [0.1, 0.15) is 6.07 Å². The molecule has 2 rings (SSSR count). The highest BCUT2D eigenvalue weighted by Crippen LogP contribution is 2.33. The quantitative estimate of drug-likeness (QED) is 0.891. The van der Waals surface area contributed by atoms with Gasteiger partial charge in [0.15, 0.2) is 0 Å². The number of hydrogen-bond acceptors (Lipinski definition) is 3. The van der Waals surface area contributed by atoms with Gasteiger partial charge in [0.05, 0.1) is 33.2 Å². The van der Waals surface area contributed by atoms with Crippen molar-refractivity contribution in [2.45, 2.75) is 0 Å². The molecule has 3 nitrogen and oxygen atoms in total. The Hall–Kier alpha value is -1.76. The van der Waals surface area contributed by atoms with Gasteiger partial charge in [-0.3, -0.25) is 4.98 Å². The summed E-state index contributed by atoms with van der Waals surface area (Å²) < 4.78 is 0. The summed E-state index contributed by atoms with van der Waals surface area (Å²) in [5.74, 6) is 0. The average Bonchev–Trinajstić information content (AvgIpc) is 2.34. The molecule has 84 valence electrons. The van der Waals surface area contributed by atoms with Crippen LogP contribution in [-0.2, 0) is 0 Å². The summed E-state index contributed by atoms with van der Waals surface area (Å²) in [6.45, 7) is 0. The summed E-state index contributed by atoms with van der Waals surface area (Å²) in [6, 6.07) is 8.88. The van der Waals surface area contributed by atoms with Gasteiger partial charge in [-0.25, -0.2) is 0 Å². The standard InChI is InChI=1S/C12H7Cl2N3/c13-9-2-1-3-10(14)12(9)17-11-7-16-5-4-8(11)6-15/h1-5,7,17H. The van der Waals surface area contributed by atoms with E-state index in [1.165, 1.54) is 0 Å². The molecule has 17 heavy (non-hydrogen) atoms. The number of nitriles is 1. The van der Waals surface area contributed by atoms with Crippen LogP contribution in [0, 0.1) is 11.3 Å². The lowest BCUT2D eigenvalue weighted by atomic mass is 10.2. The van der Waals surface area contributed by atoms with Crippen LogP contribution in [0.2, 0.25) is 10.0 Å². The summed E-state index contributed by atoms with van der Waals surface area (Å²) >= 11 is 12.0. The molecule has 0 amide bonds. The minimum atomic E-state index is 0.482. The number of benzene rings is 1. The van der Waals surface area contributed by atoms with E-state index >= 15 is 0 Å². The Kier molecular flexibility index (Phi) is 3.48. The van der Waals surface area contributed by atoms with E-state index in [9.17, 15) is 0 Å². The lowest BCUT2D eigenvalue weighted by Crippen LogP contribution is -1.95. The Morgan fingerprint density at radius 3 is 2.53 bits per heavy atom. The number of halogens is 2. The fourth-order valence-corrected chi connectivity index (χ4v) is 1.84. The predicted molar refractivity (Wildman–Crippen MR) is 68.7 cm³/mol. The van der Waals surface area contributed by atoms with E-state index in [0.717, 1.165) is 0 Å². The maximum absolute atomic E-state index is 8.95. The molecule has 0 aliphatic rings. The number of para-hydroxylation sites is 1. The molecule has 0 radical (unpaired) electrons. The van der Waals surface area contributed by atoms with Crippen molar-refractivity contribution < 1.29 is 0 Å². The molecule has 1 aromatic carbocycles. The van der Waals surface area contributed by atoms with Crippen LogP contribution in [0.25, 0.3) is 0 Å². The van der Waals surface area contributed by atoms with Crippen LogP contribution >= 0.6 is 23.2 Å². The molecule has 0 bridgehead atoms. The molecule has 1 aromatic heterocycles. The highest BCUT2D eigenvalue weighted by Gasteiger charge is 2.08. The summed E-state index contributed by atoms with van der Waals surface area (Å²) in [7, 11) is 0. The Bertz CT molecular complexity index is 570. The Morgan fingerprint density at radius 1 is 1.18 bits per heavy atom. The van der Waals surface area contributed by atoms with E-state index in [-0.39, 0.29) is 0 Å². The van der Waals surface area contributed by atoms with Crippen LogP contribution < -0.4 is 5.32 Å². The number of nitrogens with one attached hydrogen (secondary N) is 1. The van der Waals surface area contributed by atoms with E-state index < -0.39 is 0 Å². The lowest BCUT2D eigenvalue weighted by Gasteiger charge is -2.10. The van der Waals surface area contributed by atoms with E-state index in [1.54, 1.807) is 36.7 Å². The van der Waals surface area contributed by atoms with Gasteiger partial charge in [0.2, 0.25) is 0 Å². The summed E-state index contributed by atoms with van der Waals surface area (Å²) in [5.41, 5.74) is 1.63. The third-order valence-corrected chi connectivity index (χ3v) is 2.79. The minimum Gasteiger partial charge on any atom is -0.351 e. The third-order valence-electron chi connectivity index (χ3n) is 2.16. The number of hydrogen-bond donors (Lipinski definition) is 1. The molecular formula is C12H7Cl2N3. The van der Waals surface area contributed by atoms with Gasteiger partial charge in [0.25, 0.3) is 0 Å². The zero-order valence-corrected chi connectivity index (χ0v) is 10.1. The van der Waals surface area contributed by atoms with Crippen molar-refractivity contribution in [3.05, 3.63) is 52.3 Å². The topological polar surface area (TPSA) is 48.7 Å². The molecule has 0 aliphatic heterocycles. The second-order valence-electron chi connectivity index (χ2n) is 3.25. The molecule has 0 atom stereocenters. The molecule has 5 heteroatoms. The van der Waals surface area contributed by atoms with Crippen molar-refractivity contribution in [3.8, 4) is 6.07 Å². The van der Waals surface area contributed by atoms with Crippen molar-refractivity contribution in [1.82, 2.24) is 4.98 Å². The Morgan fingerprint density at radius 2 is 1.88 bits per heavy atom. The molecule has 0 fully saturated rings. The third kappa shape index (κ3) is 2.50. The number of rotatable bonds is 2. The van der Waals surface area contributed by atoms with E-state index in [4.69, 9.17) is 28.5 Å². The average molecular weight is 264 g/mol. The van der Waals surface area contributed by atoms with E-state index in [2.05, 4.69) is 16.4 Å². The van der Waals surface area contributed by atoms with Gasteiger partial charge in [-0.1, -0.05) is 29.3 Å². The normalized spacial score (nSPS) is 9.71. The van der Waals surface area contributed by atoms with Crippen molar-refractivity contribution in [2.24, 2.45) is 0 Å². The van der Waals surface area contributed by atoms with Crippen LogP contribution in [0.5, 0.6) is 0 Å². The van der Waals surface area contributed by atoms with Crippen molar-refractivity contribution >= 4 is 34.6 Å². The van der Waals surface area contributed by atoms with Gasteiger partial charge < -0.3 is 5.32 Å². The van der Waals surface area contributed by atoms with Crippen LogP contribution in [0.4, 0.5) is 11.4 Å². The fraction of sp³-hybridized carbons (Fsp3) is 0. The van der Waals surface area contributed by atoms with Crippen LogP contribution in [0.3, 0.4) is 0 Å². The van der Waals surface area contributed by atoms with Gasteiger partial charge >= 0.3 is 0 Å². The molecule has 0 spiro atoms. The first-order chi connectivity index (χ1) is 8.22. The summed E-state index contributed by atoms with van der Waals surface area (Å²) in [6.07, 6.45) is 3.11. The van der Waals surface area contributed by atoms with E-state index in [1.807, 2.05) is 0 Å². The molecule has 1 N–H and O–H groups in total. The van der Waals surface area contributed by atoms with Crippen LogP contribution in [0.15, 0.2) is 36.7 Å². The van der Waals surface area contributed by atoms with Crippen molar-refractivity contribution in [3.63, 3.8) is 0 Å². The highest BCUT2D eigenvalue weighted by atomic mass is 35.5. The monoisotopic (exact) mass is 263 g/mol. The van der Waals surface area contributed by atoms with Crippen molar-refractivity contribution in [1.29, 1.82) is 5.26 Å². The molecule has 1 heterocycles. The SMILES string of the molecule is N#Cc1ccncc1Nc1c(Cl)cccc1Cl. The minimum absolute atomic E-state index is 0.482. The van der Waals surface area contributed by atoms with Crippen LogP contribution in [0.1, 0.15) is 5.56 Å². The number of nitrogens with zero attached hydrogens (tertiary/aromatic N) is 2. The molecule has 0 unspecified atom stereocenters. The Balaban J connectivity index is 2.42. The predicted octanol–water partition coefficient (Wildman–Crippen LogP) is 4.00. The highest BCUT2D eigenvalue weighted by molar-refractivity contribution is 6.39. The smallest absolute Gasteiger partial charge is 0.101 e. The van der Waals surface area contributed by atoms with Gasteiger partial charge in [-0.2, -0.15) is 5.26 Å². The number of aromatic nitrogens is 1. The first kappa shape index (κ1) is 11.7. The number of pyridine rings is 1. The lowest BCUT2D eigenvalue weighted by molar-refractivity contribution is 1.30. The van der Waals surface area contributed by atoms with Gasteiger partial charge in [-0.05, 0) is 18.2 Å². The first-order valence-electron chi connectivity index (χ1n) is 4.77. The zero-order chi connectivity index (χ0) is 12.3. The Labute approximate surface area is 109 Å². The first-order valence-corrected chi connectivity index (χ1v) is 5.53. The summed E-state index contributed by atoms with van der Waals surface area (Å²) in [4.78, 5) is 3.95. The van der Waals surface area contributed by atoms with Gasteiger partial charge in [-0.15, -0.1) is 0 Å². The van der Waals surface area contributed by atoms with Crippen molar-refractivity contribution in [2.75, 3.05) is 5.32 Å². The molecule has 2 aromatic rings. The second kappa shape index (κ2) is 5.05.